The third-order valence-electron chi connectivity index (χ3n) is 3.23. The van der Waals surface area contributed by atoms with E-state index in [1.54, 1.807) is 0 Å². The molecule has 0 saturated heterocycles. The predicted molar refractivity (Wildman–Crippen MR) is 77.7 cm³/mol. The molecule has 1 aromatic heterocycles. The maximum atomic E-state index is 5.69. The summed E-state index contributed by atoms with van der Waals surface area (Å²) in [6.45, 7) is 6.31. The minimum Gasteiger partial charge on any atom is -0.489 e. The van der Waals surface area contributed by atoms with E-state index in [1.807, 2.05) is 26.0 Å². The first-order valence-electron chi connectivity index (χ1n) is 7.34. The molecule has 6 nitrogen and oxygen atoms in total. The summed E-state index contributed by atoms with van der Waals surface area (Å²) < 4.78 is 22.5. The summed E-state index contributed by atoms with van der Waals surface area (Å²) in [4.78, 5) is 7.79. The van der Waals surface area contributed by atoms with Crippen molar-refractivity contribution in [2.75, 3.05) is 26.4 Å². The van der Waals surface area contributed by atoms with Gasteiger partial charge < -0.3 is 23.9 Å². The number of hydrogen-bond acceptors (Lipinski definition) is 5. The molecule has 0 amide bonds. The lowest BCUT2D eigenvalue weighted by atomic mass is 10.3. The number of nitrogens with zero attached hydrogens (tertiary/aromatic N) is 1. The van der Waals surface area contributed by atoms with Crippen molar-refractivity contribution in [2.24, 2.45) is 0 Å². The first kappa shape index (κ1) is 14.2. The van der Waals surface area contributed by atoms with Gasteiger partial charge in [0.05, 0.1) is 24.2 Å². The van der Waals surface area contributed by atoms with Crippen molar-refractivity contribution in [3.63, 3.8) is 0 Å². The van der Waals surface area contributed by atoms with Gasteiger partial charge in [-0.1, -0.05) is 0 Å². The van der Waals surface area contributed by atoms with Crippen LogP contribution in [0.5, 0.6) is 11.5 Å². The summed E-state index contributed by atoms with van der Waals surface area (Å²) in [5, 5.41) is 0. The van der Waals surface area contributed by atoms with Crippen molar-refractivity contribution in [1.82, 2.24) is 9.97 Å². The third-order valence-corrected chi connectivity index (χ3v) is 3.23. The van der Waals surface area contributed by atoms with Crippen LogP contribution in [-0.4, -0.2) is 36.4 Å². The highest BCUT2D eigenvalue weighted by Crippen LogP contribution is 2.34. The van der Waals surface area contributed by atoms with Crippen molar-refractivity contribution in [3.8, 4) is 11.5 Å². The molecule has 1 aliphatic heterocycles. The van der Waals surface area contributed by atoms with Gasteiger partial charge in [-0.2, -0.15) is 0 Å². The lowest BCUT2D eigenvalue weighted by molar-refractivity contribution is -0.144. The third kappa shape index (κ3) is 2.96. The fraction of sp³-hybridized carbons (Fsp3) is 0.533. The van der Waals surface area contributed by atoms with Crippen LogP contribution in [0.1, 0.15) is 32.4 Å². The number of nitrogens with one attached hydrogen (secondary N) is 1. The summed E-state index contributed by atoms with van der Waals surface area (Å²) in [7, 11) is 0. The van der Waals surface area contributed by atoms with Crippen LogP contribution in [0.15, 0.2) is 12.1 Å². The molecule has 0 radical (unpaired) electrons. The van der Waals surface area contributed by atoms with Crippen LogP contribution in [0, 0.1) is 0 Å². The number of H-pyrrole nitrogens is 1. The van der Waals surface area contributed by atoms with Crippen molar-refractivity contribution >= 4 is 11.0 Å². The van der Waals surface area contributed by atoms with E-state index in [4.69, 9.17) is 18.9 Å². The van der Waals surface area contributed by atoms with Gasteiger partial charge in [0.15, 0.2) is 17.3 Å². The Kier molecular flexibility index (Phi) is 4.26. The molecule has 2 aromatic rings. The number of imidazole rings is 1. The van der Waals surface area contributed by atoms with Gasteiger partial charge in [-0.3, -0.25) is 0 Å². The summed E-state index contributed by atoms with van der Waals surface area (Å²) in [6, 6.07) is 3.81. The molecule has 0 fully saturated rings. The van der Waals surface area contributed by atoms with E-state index in [-0.39, 0.29) is 0 Å². The summed E-state index contributed by atoms with van der Waals surface area (Å²) in [5.41, 5.74) is 1.71. The Morgan fingerprint density at radius 2 is 1.81 bits per heavy atom. The maximum absolute atomic E-state index is 5.69. The first-order valence-corrected chi connectivity index (χ1v) is 7.34. The summed E-state index contributed by atoms with van der Waals surface area (Å²) in [5.74, 6) is 2.15. The van der Waals surface area contributed by atoms with Crippen LogP contribution >= 0.6 is 0 Å². The van der Waals surface area contributed by atoms with Crippen LogP contribution in [0.25, 0.3) is 11.0 Å². The number of aromatic nitrogens is 2. The Labute approximate surface area is 123 Å². The van der Waals surface area contributed by atoms with Gasteiger partial charge >= 0.3 is 0 Å². The van der Waals surface area contributed by atoms with E-state index in [0.717, 1.165) is 29.0 Å². The molecular weight excluding hydrogens is 272 g/mol. The minimum absolute atomic E-state index is 0.478. The average molecular weight is 292 g/mol. The molecule has 3 rings (SSSR count). The largest absolute Gasteiger partial charge is 0.489 e. The van der Waals surface area contributed by atoms with Gasteiger partial charge in [0, 0.05) is 31.8 Å². The number of aromatic amines is 1. The van der Waals surface area contributed by atoms with Gasteiger partial charge in [0.25, 0.3) is 0 Å². The molecule has 1 N–H and O–H groups in total. The number of fused-ring (bicyclic) bond motifs is 2. The Morgan fingerprint density at radius 1 is 1.14 bits per heavy atom. The van der Waals surface area contributed by atoms with Crippen LogP contribution < -0.4 is 9.47 Å². The molecule has 0 aliphatic carbocycles. The normalized spacial score (nSPS) is 14.6. The smallest absolute Gasteiger partial charge is 0.217 e. The van der Waals surface area contributed by atoms with Crippen molar-refractivity contribution in [2.45, 2.75) is 26.6 Å². The van der Waals surface area contributed by atoms with Gasteiger partial charge in [0.1, 0.15) is 0 Å². The number of rotatable bonds is 5. The Morgan fingerprint density at radius 3 is 2.48 bits per heavy atom. The highest BCUT2D eigenvalue weighted by atomic mass is 16.7. The zero-order valence-electron chi connectivity index (χ0n) is 12.3. The Bertz CT molecular complexity index is 562. The standard InChI is InChI=1S/C15H20N2O4/c1-3-18-15(19-4-2)14-16-10-8-12-13(9-11(10)17-14)21-7-5-6-20-12/h8-9,15H,3-7H2,1-2H3,(H,16,17). The van der Waals surface area contributed by atoms with Crippen LogP contribution in [0.2, 0.25) is 0 Å². The molecule has 0 saturated carbocycles. The van der Waals surface area contributed by atoms with E-state index in [9.17, 15) is 0 Å². The van der Waals surface area contributed by atoms with Gasteiger partial charge in [-0.25, -0.2) is 4.98 Å². The van der Waals surface area contributed by atoms with Gasteiger partial charge in [0.2, 0.25) is 6.29 Å². The minimum atomic E-state index is -0.478. The Hall–Kier alpha value is -1.79. The van der Waals surface area contributed by atoms with Crippen LogP contribution in [-0.2, 0) is 9.47 Å². The zero-order chi connectivity index (χ0) is 14.7. The number of ether oxygens (including phenoxy) is 4. The second-order valence-corrected chi connectivity index (χ2v) is 4.73. The highest BCUT2D eigenvalue weighted by molar-refractivity contribution is 5.79. The monoisotopic (exact) mass is 292 g/mol. The topological polar surface area (TPSA) is 65.6 Å². The second-order valence-electron chi connectivity index (χ2n) is 4.73. The van der Waals surface area contributed by atoms with E-state index in [1.165, 1.54) is 0 Å². The van der Waals surface area contributed by atoms with Gasteiger partial charge in [-0.15, -0.1) is 0 Å². The molecule has 0 bridgehead atoms. The fourth-order valence-corrected chi connectivity index (χ4v) is 2.31. The van der Waals surface area contributed by atoms with Crippen molar-refractivity contribution in [1.29, 1.82) is 0 Å². The molecule has 1 aliphatic rings. The molecule has 0 atom stereocenters. The number of benzene rings is 1. The number of hydrogen-bond donors (Lipinski definition) is 1. The molecule has 6 heteroatoms. The second kappa shape index (κ2) is 6.32. The average Bonchev–Trinajstić information content (AvgIpc) is 2.75. The quantitative estimate of drug-likeness (QED) is 0.858. The summed E-state index contributed by atoms with van der Waals surface area (Å²) in [6.07, 6.45) is 0.409. The lowest BCUT2D eigenvalue weighted by Crippen LogP contribution is -2.10. The Balaban J connectivity index is 1.95. The SMILES string of the molecule is CCOC(OCC)c1nc2cc3c(cc2[nH]1)OCCCO3. The highest BCUT2D eigenvalue weighted by Gasteiger charge is 2.19. The van der Waals surface area contributed by atoms with Crippen molar-refractivity contribution in [3.05, 3.63) is 18.0 Å². The predicted octanol–water partition coefficient (Wildman–Crippen LogP) is 2.80. The molecule has 2 heterocycles. The molecule has 0 spiro atoms. The molecule has 1 aromatic carbocycles. The molecule has 0 unspecified atom stereocenters. The fourth-order valence-electron chi connectivity index (χ4n) is 2.31. The van der Waals surface area contributed by atoms with E-state index >= 15 is 0 Å². The van der Waals surface area contributed by atoms with E-state index in [0.29, 0.717) is 32.3 Å². The lowest BCUT2D eigenvalue weighted by Gasteiger charge is -2.13. The molecular formula is C15H20N2O4. The maximum Gasteiger partial charge on any atom is 0.217 e. The zero-order valence-corrected chi connectivity index (χ0v) is 12.3. The van der Waals surface area contributed by atoms with Crippen LogP contribution in [0.4, 0.5) is 0 Å². The van der Waals surface area contributed by atoms with E-state index in [2.05, 4.69) is 9.97 Å². The van der Waals surface area contributed by atoms with E-state index < -0.39 is 6.29 Å². The van der Waals surface area contributed by atoms with Gasteiger partial charge in [-0.05, 0) is 13.8 Å². The molecule has 21 heavy (non-hydrogen) atoms. The molecule has 114 valence electrons. The summed E-state index contributed by atoms with van der Waals surface area (Å²) >= 11 is 0. The van der Waals surface area contributed by atoms with Crippen LogP contribution in [0.3, 0.4) is 0 Å². The van der Waals surface area contributed by atoms with Crippen molar-refractivity contribution < 1.29 is 18.9 Å². The first-order chi connectivity index (χ1) is 10.3.